The molecule has 2 unspecified atom stereocenters. The lowest BCUT2D eigenvalue weighted by Crippen LogP contribution is -2.60. The van der Waals surface area contributed by atoms with Crippen LogP contribution in [0, 0.1) is 0 Å². The number of anilines is 2. The van der Waals surface area contributed by atoms with Gasteiger partial charge in [-0.3, -0.25) is 0 Å². The van der Waals surface area contributed by atoms with Gasteiger partial charge in [-0.05, 0) is 63.3 Å². The van der Waals surface area contributed by atoms with E-state index in [0.717, 1.165) is 22.5 Å². The predicted octanol–water partition coefficient (Wildman–Crippen LogP) is 3.69. The van der Waals surface area contributed by atoms with Crippen molar-refractivity contribution in [2.45, 2.75) is 77.5 Å². The molecule has 0 saturated carbocycles. The fraction of sp³-hybridized carbons (Fsp3) is 0.818. The average Bonchev–Trinajstić information content (AvgIpc) is 2.96. The van der Waals surface area contributed by atoms with Crippen molar-refractivity contribution in [3.8, 4) is 0 Å². The average molecular weight is 629 g/mol. The molecule has 1 aliphatic heterocycles. The van der Waals surface area contributed by atoms with Gasteiger partial charge in [0.2, 0.25) is 0 Å². The van der Waals surface area contributed by atoms with Gasteiger partial charge in [0.05, 0.1) is 92.5 Å². The predicted molar refractivity (Wildman–Crippen MR) is 173 cm³/mol. The van der Waals surface area contributed by atoms with E-state index < -0.39 is 5.72 Å². The molecule has 0 aliphatic carbocycles. The lowest BCUT2D eigenvalue weighted by Gasteiger charge is -2.54. The second-order valence-corrected chi connectivity index (χ2v) is 12.3. The second-order valence-electron chi connectivity index (χ2n) is 12.3. The Labute approximate surface area is 265 Å². The van der Waals surface area contributed by atoms with E-state index in [9.17, 15) is 10.2 Å². The number of ether oxygens (including phenoxy) is 7. The molecule has 2 rings (SSSR count). The van der Waals surface area contributed by atoms with Crippen LogP contribution in [0.1, 0.15) is 77.3 Å². The fourth-order valence-electron chi connectivity index (χ4n) is 5.71. The van der Waals surface area contributed by atoms with E-state index in [4.69, 9.17) is 38.9 Å². The third-order valence-corrected chi connectivity index (χ3v) is 7.74. The van der Waals surface area contributed by atoms with Crippen molar-refractivity contribution in [2.24, 2.45) is 0 Å². The van der Waals surface area contributed by atoms with Gasteiger partial charge in [0.25, 0.3) is 0 Å². The van der Waals surface area contributed by atoms with Gasteiger partial charge in [0.15, 0.2) is 0 Å². The van der Waals surface area contributed by atoms with E-state index in [1.54, 1.807) is 0 Å². The summed E-state index contributed by atoms with van der Waals surface area (Å²) in [5, 5.41) is 21.9. The zero-order valence-electron chi connectivity index (χ0n) is 28.1. The highest BCUT2D eigenvalue weighted by Crippen LogP contribution is 2.48. The van der Waals surface area contributed by atoms with Gasteiger partial charge in [-0.1, -0.05) is 13.8 Å². The molecule has 2 atom stereocenters. The molecule has 0 aromatic heterocycles. The van der Waals surface area contributed by atoms with Crippen LogP contribution in [0.2, 0.25) is 0 Å². The number of benzene rings is 1. The molecule has 44 heavy (non-hydrogen) atoms. The smallest absolute Gasteiger partial charge is 0.137 e. The highest BCUT2D eigenvalue weighted by Gasteiger charge is 2.46. The molecule has 4 N–H and O–H groups in total. The Bertz CT molecular complexity index is 913. The van der Waals surface area contributed by atoms with Crippen LogP contribution in [-0.2, 0) is 33.2 Å². The van der Waals surface area contributed by atoms with Crippen LogP contribution in [-0.4, -0.2) is 121 Å². The van der Waals surface area contributed by atoms with Gasteiger partial charge < -0.3 is 54.0 Å². The van der Waals surface area contributed by atoms with E-state index in [1.807, 2.05) is 19.9 Å². The lowest BCUT2D eigenvalue weighted by atomic mass is 9.76. The van der Waals surface area contributed by atoms with Crippen LogP contribution in [0.15, 0.2) is 12.1 Å². The lowest BCUT2D eigenvalue weighted by molar-refractivity contribution is -0.0287. The van der Waals surface area contributed by atoms with Crippen LogP contribution in [0.5, 0.6) is 0 Å². The minimum atomic E-state index is -1.16. The largest absolute Gasteiger partial charge is 0.398 e. The Morgan fingerprint density at radius 2 is 1.25 bits per heavy atom. The van der Waals surface area contributed by atoms with Crippen LogP contribution in [0.25, 0.3) is 0 Å². The van der Waals surface area contributed by atoms with Crippen molar-refractivity contribution in [1.82, 2.24) is 0 Å². The number of rotatable bonds is 25. The normalized spacial score (nSPS) is 17.7. The molecule has 0 radical (unpaired) electrons. The number of hydrogen-bond donors (Lipinski definition) is 3. The maximum Gasteiger partial charge on any atom is 0.137 e. The molecule has 0 spiro atoms. The monoisotopic (exact) mass is 628 g/mol. The number of aliphatic hydroxyl groups is 2. The van der Waals surface area contributed by atoms with Gasteiger partial charge in [0, 0.05) is 35.9 Å². The molecule has 11 nitrogen and oxygen atoms in total. The molecule has 1 aromatic rings. The first kappa shape index (κ1) is 38.6. The Morgan fingerprint density at radius 3 is 1.66 bits per heavy atom. The zero-order chi connectivity index (χ0) is 32.4. The Morgan fingerprint density at radius 1 is 0.818 bits per heavy atom. The third-order valence-electron chi connectivity index (χ3n) is 7.74. The van der Waals surface area contributed by atoms with E-state index >= 15 is 0 Å². The molecule has 256 valence electrons. The summed E-state index contributed by atoms with van der Waals surface area (Å²) in [4.78, 5) is 2.09. The van der Waals surface area contributed by atoms with Crippen LogP contribution < -0.4 is 10.6 Å². The van der Waals surface area contributed by atoms with E-state index in [1.165, 1.54) is 0 Å². The maximum atomic E-state index is 11.7. The summed E-state index contributed by atoms with van der Waals surface area (Å²) in [6.07, 6.45) is 1.12. The number of aliphatic hydroxyl groups excluding tert-OH is 1. The van der Waals surface area contributed by atoms with Crippen LogP contribution in [0.3, 0.4) is 0 Å². The van der Waals surface area contributed by atoms with Crippen LogP contribution in [0.4, 0.5) is 11.4 Å². The molecule has 0 fully saturated rings. The minimum Gasteiger partial charge on any atom is -0.398 e. The zero-order valence-corrected chi connectivity index (χ0v) is 28.1. The summed E-state index contributed by atoms with van der Waals surface area (Å²) in [5.41, 5.74) is 8.53. The Balaban J connectivity index is 1.59. The topological polar surface area (TPSA) is 134 Å². The van der Waals surface area contributed by atoms with E-state index in [0.29, 0.717) is 105 Å². The molecule has 11 heteroatoms. The van der Waals surface area contributed by atoms with Crippen molar-refractivity contribution in [3.63, 3.8) is 0 Å². The van der Waals surface area contributed by atoms with Gasteiger partial charge in [0.1, 0.15) is 5.72 Å². The molecule has 0 saturated heterocycles. The van der Waals surface area contributed by atoms with Gasteiger partial charge in [-0.15, -0.1) is 0 Å². The number of hydrogen-bond acceptors (Lipinski definition) is 11. The summed E-state index contributed by atoms with van der Waals surface area (Å²) in [5.74, 6) is 0.205. The first-order chi connectivity index (χ1) is 21.0. The summed E-state index contributed by atoms with van der Waals surface area (Å²) in [7, 11) is 0. The first-order valence-corrected chi connectivity index (χ1v) is 16.2. The molecule has 0 amide bonds. The summed E-state index contributed by atoms with van der Waals surface area (Å²) >= 11 is 0. The van der Waals surface area contributed by atoms with Crippen molar-refractivity contribution in [2.75, 3.05) is 110 Å². The van der Waals surface area contributed by atoms with Gasteiger partial charge in [-0.25, -0.2) is 0 Å². The highest BCUT2D eigenvalue weighted by atomic mass is 16.6. The van der Waals surface area contributed by atoms with Gasteiger partial charge >= 0.3 is 0 Å². The molecular weight excluding hydrogens is 568 g/mol. The summed E-state index contributed by atoms with van der Waals surface area (Å²) in [6, 6.07) is 4.07. The SMILES string of the molecule is CCOCCOCCOCCOCCOCCOCCOCCC(C)(O)N1c2cc(C(C)C)c(N)cc2C(CO)CC1(C)C. The molecule has 1 heterocycles. The maximum absolute atomic E-state index is 11.7. The quantitative estimate of drug-likeness (QED) is 0.108. The number of nitrogen functional groups attached to an aromatic ring is 1. The summed E-state index contributed by atoms with van der Waals surface area (Å²) in [6.45, 7) is 19.5. The van der Waals surface area contributed by atoms with Gasteiger partial charge in [-0.2, -0.15) is 0 Å². The highest BCUT2D eigenvalue weighted by molar-refractivity contribution is 5.69. The third kappa shape index (κ3) is 13.1. The van der Waals surface area contributed by atoms with Crippen molar-refractivity contribution in [3.05, 3.63) is 23.3 Å². The standard InChI is InChI=1S/C33H60N2O9/c1-7-38-10-11-40-14-15-42-18-19-44-21-20-43-17-16-41-13-12-39-9-8-33(6,37)35-31-23-28(26(2)3)30(34)22-29(31)27(25-36)24-32(35,4)5/h22-23,26-27,36-37H,7-21,24-25,34H2,1-6H3. The molecule has 1 aromatic carbocycles. The first-order valence-electron chi connectivity index (χ1n) is 16.2. The Hall–Kier alpha value is -1.54. The molecule has 1 aliphatic rings. The fourth-order valence-corrected chi connectivity index (χ4v) is 5.71. The Kier molecular flexibility index (Phi) is 18.1. The van der Waals surface area contributed by atoms with Crippen molar-refractivity contribution >= 4 is 11.4 Å². The van der Waals surface area contributed by atoms with E-state index in [2.05, 4.69) is 38.7 Å². The molecular formula is C33H60N2O9. The summed E-state index contributed by atoms with van der Waals surface area (Å²) < 4.78 is 38.5. The second kappa shape index (κ2) is 20.6. The molecule has 0 bridgehead atoms. The van der Waals surface area contributed by atoms with Crippen LogP contribution >= 0.6 is 0 Å². The van der Waals surface area contributed by atoms with E-state index in [-0.39, 0.29) is 24.0 Å². The van der Waals surface area contributed by atoms with Crippen molar-refractivity contribution < 1.29 is 43.4 Å². The number of nitrogens with two attached hydrogens (primary N) is 1. The minimum absolute atomic E-state index is 0.0349. The number of fused-ring (bicyclic) bond motifs is 1. The number of nitrogens with zero attached hydrogens (tertiary/aromatic N) is 1. The van der Waals surface area contributed by atoms with Crippen molar-refractivity contribution in [1.29, 1.82) is 0 Å².